The van der Waals surface area contributed by atoms with Crippen molar-refractivity contribution >= 4 is 17.1 Å². The van der Waals surface area contributed by atoms with Gasteiger partial charge < -0.3 is 0 Å². The predicted molar refractivity (Wildman–Crippen MR) is 150 cm³/mol. The second-order valence-corrected chi connectivity index (χ2v) is 11.8. The van der Waals surface area contributed by atoms with E-state index >= 15 is 0 Å². The van der Waals surface area contributed by atoms with Gasteiger partial charge in [-0.05, 0) is 76.2 Å². The molecule has 0 N–H and O–H groups in total. The first-order valence-corrected chi connectivity index (χ1v) is 13.9. The summed E-state index contributed by atoms with van der Waals surface area (Å²) in [5.74, 6) is -5.00. The fourth-order valence-electron chi connectivity index (χ4n) is 6.85. The van der Waals surface area contributed by atoms with E-state index in [1.807, 2.05) is 0 Å². The molecule has 0 fully saturated rings. The standard InChI is InChI=1S/C35H20F8O2/c1-33-9-8-19(18-4-7-30(37)27(12-18)35(41,42)43)13-28(33)32(45)24-14-21-20-5-2-16(10-22(20)31(44)23(21)15-25(24)33)17-3-6-29(36)26(11-17)34(38,39)40/h2-10,12-15,17,28H,11H2,1H3. The van der Waals surface area contributed by atoms with Crippen LogP contribution in [0.2, 0.25) is 0 Å². The third-order valence-electron chi connectivity index (χ3n) is 9.27. The summed E-state index contributed by atoms with van der Waals surface area (Å²) in [4.78, 5) is 27.4. The number of benzene rings is 3. The van der Waals surface area contributed by atoms with Crippen LogP contribution in [0.3, 0.4) is 0 Å². The maximum Gasteiger partial charge on any atom is 0.419 e. The molecule has 0 saturated heterocycles. The Balaban J connectivity index is 1.23. The summed E-state index contributed by atoms with van der Waals surface area (Å²) in [5, 5.41) is 0. The fraction of sp³-hybridized carbons (Fsp3) is 0.200. The van der Waals surface area contributed by atoms with E-state index in [1.165, 1.54) is 18.2 Å². The number of ketones is 2. The van der Waals surface area contributed by atoms with Crippen LogP contribution >= 0.6 is 0 Å². The molecule has 0 aliphatic heterocycles. The number of halogens is 8. The molecule has 0 amide bonds. The summed E-state index contributed by atoms with van der Waals surface area (Å²) in [6, 6.07) is 10.6. The van der Waals surface area contributed by atoms with E-state index in [9.17, 15) is 44.7 Å². The second-order valence-electron chi connectivity index (χ2n) is 11.8. The van der Waals surface area contributed by atoms with E-state index in [0.29, 0.717) is 45.0 Å². The van der Waals surface area contributed by atoms with Crippen molar-refractivity contribution in [1.29, 1.82) is 0 Å². The number of allylic oxidation sites excluding steroid dienone is 8. The Labute approximate surface area is 251 Å². The van der Waals surface area contributed by atoms with Gasteiger partial charge in [0.15, 0.2) is 11.6 Å². The van der Waals surface area contributed by atoms with Gasteiger partial charge in [-0.15, -0.1) is 0 Å². The zero-order valence-electron chi connectivity index (χ0n) is 23.2. The summed E-state index contributed by atoms with van der Waals surface area (Å²) in [6.45, 7) is 1.79. The van der Waals surface area contributed by atoms with E-state index in [-0.39, 0.29) is 22.7 Å². The monoisotopic (exact) mass is 624 g/mol. The zero-order valence-corrected chi connectivity index (χ0v) is 23.2. The fourth-order valence-corrected chi connectivity index (χ4v) is 6.85. The third kappa shape index (κ3) is 4.36. The first kappa shape index (κ1) is 29.1. The van der Waals surface area contributed by atoms with Gasteiger partial charge in [0.25, 0.3) is 0 Å². The van der Waals surface area contributed by atoms with Gasteiger partial charge >= 0.3 is 12.4 Å². The Bertz CT molecular complexity index is 1990. The molecule has 0 heterocycles. The highest BCUT2D eigenvalue weighted by Crippen LogP contribution is 2.52. The number of hydrogen-bond acceptors (Lipinski definition) is 2. The summed E-state index contributed by atoms with van der Waals surface area (Å²) < 4.78 is 108. The molecule has 3 unspecified atom stereocenters. The second kappa shape index (κ2) is 9.45. The predicted octanol–water partition coefficient (Wildman–Crippen LogP) is 9.61. The van der Waals surface area contributed by atoms with E-state index in [0.717, 1.165) is 12.1 Å². The van der Waals surface area contributed by atoms with Crippen LogP contribution in [0.25, 0.3) is 16.7 Å². The van der Waals surface area contributed by atoms with Crippen molar-refractivity contribution in [2.75, 3.05) is 0 Å². The lowest BCUT2D eigenvalue weighted by molar-refractivity contribution is -0.140. The molecule has 3 aromatic carbocycles. The van der Waals surface area contributed by atoms with Crippen LogP contribution in [0.5, 0.6) is 0 Å². The van der Waals surface area contributed by atoms with Crippen LogP contribution in [-0.4, -0.2) is 17.7 Å². The van der Waals surface area contributed by atoms with Crippen molar-refractivity contribution in [3.8, 4) is 11.1 Å². The van der Waals surface area contributed by atoms with Gasteiger partial charge in [0, 0.05) is 28.0 Å². The number of rotatable bonds is 2. The Morgan fingerprint density at radius 1 is 0.778 bits per heavy atom. The average Bonchev–Trinajstić information content (AvgIpc) is 3.37. The van der Waals surface area contributed by atoms with Crippen LogP contribution in [0.1, 0.15) is 67.8 Å². The number of Topliss-reactive ketones (excluding diaryl/α,β-unsaturated/α-hetero) is 1. The van der Waals surface area contributed by atoms with Crippen molar-refractivity contribution in [3.05, 3.63) is 135 Å². The minimum absolute atomic E-state index is 0.0987. The van der Waals surface area contributed by atoms with E-state index in [4.69, 9.17) is 0 Å². The molecule has 0 spiro atoms. The third-order valence-corrected chi connectivity index (χ3v) is 9.27. The van der Waals surface area contributed by atoms with E-state index in [1.54, 1.807) is 49.4 Å². The number of hydrogen-bond donors (Lipinski definition) is 0. The lowest BCUT2D eigenvalue weighted by atomic mass is 9.71. The van der Waals surface area contributed by atoms with Gasteiger partial charge in [0.05, 0.1) is 17.1 Å². The maximum atomic E-state index is 13.9. The van der Waals surface area contributed by atoms with Crippen molar-refractivity contribution in [2.45, 2.75) is 37.0 Å². The Morgan fingerprint density at radius 2 is 1.51 bits per heavy atom. The molecule has 3 aromatic rings. The lowest BCUT2D eigenvalue weighted by Crippen LogP contribution is -2.29. The summed E-state index contributed by atoms with van der Waals surface area (Å²) in [5.41, 5.74) is -0.295. The minimum Gasteiger partial charge on any atom is -0.293 e. The highest BCUT2D eigenvalue weighted by atomic mass is 19.4. The number of fused-ring (bicyclic) bond motifs is 6. The molecule has 228 valence electrons. The maximum absolute atomic E-state index is 13.9. The Kier molecular flexibility index (Phi) is 6.12. The zero-order chi connectivity index (χ0) is 32.2. The highest BCUT2D eigenvalue weighted by Gasteiger charge is 2.49. The van der Waals surface area contributed by atoms with Crippen LogP contribution in [0.4, 0.5) is 35.1 Å². The number of carbonyl (C=O) groups is 2. The summed E-state index contributed by atoms with van der Waals surface area (Å²) in [7, 11) is 0. The van der Waals surface area contributed by atoms with Gasteiger partial charge in [-0.3, -0.25) is 9.59 Å². The van der Waals surface area contributed by atoms with Crippen LogP contribution in [0.15, 0.2) is 90.3 Å². The topological polar surface area (TPSA) is 34.1 Å². The Morgan fingerprint density at radius 3 is 2.22 bits per heavy atom. The first-order valence-electron chi connectivity index (χ1n) is 13.9. The quantitative estimate of drug-likeness (QED) is 0.208. The summed E-state index contributed by atoms with van der Waals surface area (Å²) >= 11 is 0. The van der Waals surface area contributed by atoms with Gasteiger partial charge in [-0.1, -0.05) is 49.4 Å². The molecule has 3 atom stereocenters. The van der Waals surface area contributed by atoms with Crippen molar-refractivity contribution in [1.82, 2.24) is 0 Å². The molecular weight excluding hydrogens is 604 g/mol. The molecule has 0 radical (unpaired) electrons. The molecule has 0 aromatic heterocycles. The molecule has 45 heavy (non-hydrogen) atoms. The molecule has 4 aliphatic carbocycles. The van der Waals surface area contributed by atoms with E-state index < -0.39 is 58.8 Å². The Hall–Kier alpha value is -4.60. The first-order chi connectivity index (χ1) is 21.1. The van der Waals surface area contributed by atoms with Gasteiger partial charge in [0.2, 0.25) is 0 Å². The SMILES string of the molecule is CC12C=CC(c3ccc(F)c(C(F)(F)F)c3)=CC1C(=O)c1cc3c(cc12)C(=O)c1cc(C2C=CC(F)=C(C(F)(F)F)C2)ccc1-3. The molecular formula is C35H20F8O2. The molecule has 4 aliphatic rings. The smallest absolute Gasteiger partial charge is 0.293 e. The molecule has 0 saturated carbocycles. The van der Waals surface area contributed by atoms with Gasteiger partial charge in [-0.2, -0.15) is 26.3 Å². The van der Waals surface area contributed by atoms with Crippen LogP contribution < -0.4 is 0 Å². The van der Waals surface area contributed by atoms with Crippen molar-refractivity contribution in [3.63, 3.8) is 0 Å². The largest absolute Gasteiger partial charge is 0.419 e. The minimum atomic E-state index is -4.90. The van der Waals surface area contributed by atoms with Crippen molar-refractivity contribution in [2.24, 2.45) is 5.92 Å². The molecule has 2 nitrogen and oxygen atoms in total. The molecule has 10 heteroatoms. The molecule has 0 bridgehead atoms. The van der Waals surface area contributed by atoms with Crippen LogP contribution in [0, 0.1) is 11.7 Å². The number of alkyl halides is 6. The van der Waals surface area contributed by atoms with E-state index in [2.05, 4.69) is 0 Å². The molecule has 7 rings (SSSR count). The number of carbonyl (C=O) groups excluding carboxylic acids is 2. The lowest BCUT2D eigenvalue weighted by Gasteiger charge is -2.30. The van der Waals surface area contributed by atoms with Gasteiger partial charge in [-0.25, -0.2) is 8.78 Å². The van der Waals surface area contributed by atoms with Crippen LogP contribution in [-0.2, 0) is 11.6 Å². The van der Waals surface area contributed by atoms with Gasteiger partial charge in [0.1, 0.15) is 11.6 Å². The van der Waals surface area contributed by atoms with Crippen molar-refractivity contribution < 1.29 is 44.7 Å². The normalized spacial score (nSPS) is 23.6. The highest BCUT2D eigenvalue weighted by molar-refractivity contribution is 6.23. The average molecular weight is 625 g/mol. The summed E-state index contributed by atoms with van der Waals surface area (Å²) in [6.07, 6.45) is -3.37.